The summed E-state index contributed by atoms with van der Waals surface area (Å²) < 4.78 is 45.2. The number of fused-ring (bicyclic) bond motifs is 1. The van der Waals surface area contributed by atoms with E-state index in [2.05, 4.69) is 45.1 Å². The van der Waals surface area contributed by atoms with Gasteiger partial charge in [-0.2, -0.15) is 13.2 Å². The molecule has 2 aliphatic heterocycles. The van der Waals surface area contributed by atoms with Crippen molar-refractivity contribution in [1.29, 1.82) is 0 Å². The number of hydrogen-bond acceptors (Lipinski definition) is 4. The van der Waals surface area contributed by atoms with Gasteiger partial charge in [0.2, 0.25) is 0 Å². The van der Waals surface area contributed by atoms with E-state index in [1.54, 1.807) is 6.07 Å². The maximum absolute atomic E-state index is 13.2. The van der Waals surface area contributed by atoms with Crippen molar-refractivity contribution in [2.75, 3.05) is 62.7 Å². The van der Waals surface area contributed by atoms with Crippen LogP contribution in [0.5, 0.6) is 0 Å². The van der Waals surface area contributed by atoms with E-state index in [0.29, 0.717) is 23.9 Å². The van der Waals surface area contributed by atoms with Gasteiger partial charge in [-0.1, -0.05) is 31.5 Å². The Bertz CT molecular complexity index is 1060. The number of alkyl halides is 3. The van der Waals surface area contributed by atoms with Gasteiger partial charge in [0, 0.05) is 57.2 Å². The van der Waals surface area contributed by atoms with Crippen LogP contribution in [0.4, 0.5) is 24.5 Å². The summed E-state index contributed by atoms with van der Waals surface area (Å²) in [5.41, 5.74) is 3.53. The first-order chi connectivity index (χ1) is 18.3. The molecule has 1 N–H and O–H groups in total. The maximum Gasteiger partial charge on any atom is 0.416 e. The third-order valence-electron chi connectivity index (χ3n) is 7.25. The number of thiocarbonyl (C=S) groups is 1. The molecular weight excluding hydrogens is 509 g/mol. The Morgan fingerprint density at radius 1 is 1.05 bits per heavy atom. The zero-order chi connectivity index (χ0) is 27.0. The SMILES string of the molecule is CCCCN1CCCc2cc(CN(CCCN3CCOCC3)C(=S)Nc3cccc(C(F)(F)F)c3)ccc21. The molecule has 208 valence electrons. The minimum atomic E-state index is -4.40. The summed E-state index contributed by atoms with van der Waals surface area (Å²) in [6.07, 6.45) is 1.09. The minimum Gasteiger partial charge on any atom is -0.379 e. The van der Waals surface area contributed by atoms with Gasteiger partial charge in [-0.15, -0.1) is 0 Å². The zero-order valence-electron chi connectivity index (χ0n) is 22.2. The first-order valence-corrected chi connectivity index (χ1v) is 14.1. The van der Waals surface area contributed by atoms with Crippen LogP contribution in [0, 0.1) is 0 Å². The number of nitrogens with zero attached hydrogens (tertiary/aromatic N) is 3. The highest BCUT2D eigenvalue weighted by Crippen LogP contribution is 2.31. The highest BCUT2D eigenvalue weighted by molar-refractivity contribution is 7.80. The predicted molar refractivity (Wildman–Crippen MR) is 152 cm³/mol. The minimum absolute atomic E-state index is 0.347. The van der Waals surface area contributed by atoms with Gasteiger partial charge in [-0.05, 0) is 73.3 Å². The molecule has 2 aromatic carbocycles. The molecule has 0 bridgehead atoms. The van der Waals surface area contributed by atoms with Crippen LogP contribution in [0.25, 0.3) is 0 Å². The van der Waals surface area contributed by atoms with Crippen molar-refractivity contribution in [3.05, 3.63) is 59.2 Å². The van der Waals surface area contributed by atoms with E-state index >= 15 is 0 Å². The lowest BCUT2D eigenvalue weighted by Crippen LogP contribution is -2.40. The Labute approximate surface area is 229 Å². The van der Waals surface area contributed by atoms with Crippen LogP contribution >= 0.6 is 12.2 Å². The Morgan fingerprint density at radius 2 is 1.87 bits per heavy atom. The van der Waals surface area contributed by atoms with Gasteiger partial charge in [-0.3, -0.25) is 4.90 Å². The van der Waals surface area contributed by atoms with Gasteiger partial charge >= 0.3 is 6.18 Å². The standard InChI is InChI=1S/C29H39F3N4OS/c1-2-3-13-35-14-5-7-24-20-23(10-11-27(24)35)22-36(15-6-12-34-16-18-37-19-17-34)28(38)33-26-9-4-8-25(21-26)29(30,31)32/h4,8-11,20-21H,2-3,5-7,12-19,22H2,1H3,(H,33,38). The summed E-state index contributed by atoms with van der Waals surface area (Å²) >= 11 is 5.74. The fourth-order valence-electron chi connectivity index (χ4n) is 5.17. The number of benzene rings is 2. The second-order valence-corrected chi connectivity index (χ2v) is 10.5. The van der Waals surface area contributed by atoms with Gasteiger partial charge in [0.15, 0.2) is 5.11 Å². The zero-order valence-corrected chi connectivity index (χ0v) is 23.0. The molecule has 4 rings (SSSR count). The number of ether oxygens (including phenoxy) is 1. The smallest absolute Gasteiger partial charge is 0.379 e. The van der Waals surface area contributed by atoms with Crippen LogP contribution in [-0.2, 0) is 23.9 Å². The monoisotopic (exact) mass is 548 g/mol. The summed E-state index contributed by atoms with van der Waals surface area (Å²) in [5, 5.41) is 3.51. The van der Waals surface area contributed by atoms with Gasteiger partial charge in [0.25, 0.3) is 0 Å². The van der Waals surface area contributed by atoms with Crippen molar-refractivity contribution < 1.29 is 17.9 Å². The Morgan fingerprint density at radius 3 is 2.63 bits per heavy atom. The van der Waals surface area contributed by atoms with E-state index in [4.69, 9.17) is 17.0 Å². The number of unbranched alkanes of at least 4 members (excludes halogenated alkanes) is 1. The van der Waals surface area contributed by atoms with E-state index in [1.165, 1.54) is 35.7 Å². The molecule has 2 aliphatic rings. The number of nitrogens with one attached hydrogen (secondary N) is 1. The molecule has 0 atom stereocenters. The summed E-state index contributed by atoms with van der Waals surface area (Å²) in [6.45, 7) is 10.0. The molecule has 9 heteroatoms. The lowest BCUT2D eigenvalue weighted by molar-refractivity contribution is -0.137. The molecule has 38 heavy (non-hydrogen) atoms. The van der Waals surface area contributed by atoms with E-state index in [-0.39, 0.29) is 0 Å². The molecule has 2 heterocycles. The second-order valence-electron chi connectivity index (χ2n) is 10.1. The van der Waals surface area contributed by atoms with E-state index < -0.39 is 11.7 Å². The van der Waals surface area contributed by atoms with Crippen LogP contribution in [0.3, 0.4) is 0 Å². The van der Waals surface area contributed by atoms with Gasteiger partial charge < -0.3 is 19.9 Å². The number of anilines is 2. The molecule has 1 saturated heterocycles. The highest BCUT2D eigenvalue weighted by Gasteiger charge is 2.30. The van der Waals surface area contributed by atoms with Gasteiger partial charge in [0.05, 0.1) is 18.8 Å². The third kappa shape index (κ3) is 8.07. The highest BCUT2D eigenvalue weighted by atomic mass is 32.1. The average Bonchev–Trinajstić information content (AvgIpc) is 2.91. The lowest BCUT2D eigenvalue weighted by atomic mass is 9.98. The van der Waals surface area contributed by atoms with Gasteiger partial charge in [0.1, 0.15) is 0 Å². The number of morpholine rings is 1. The van der Waals surface area contributed by atoms with Crippen molar-refractivity contribution in [1.82, 2.24) is 9.80 Å². The molecule has 0 aromatic heterocycles. The Hall–Kier alpha value is -2.36. The molecule has 0 amide bonds. The maximum atomic E-state index is 13.2. The first-order valence-electron chi connectivity index (χ1n) is 13.7. The molecule has 0 unspecified atom stereocenters. The summed E-state index contributed by atoms with van der Waals surface area (Å²) in [7, 11) is 0. The normalized spacial score (nSPS) is 16.3. The van der Waals surface area contributed by atoms with Crippen molar-refractivity contribution in [2.45, 2.75) is 51.7 Å². The Balaban J connectivity index is 1.47. The molecule has 0 saturated carbocycles. The van der Waals surface area contributed by atoms with Crippen LogP contribution in [0.15, 0.2) is 42.5 Å². The summed E-state index contributed by atoms with van der Waals surface area (Å²) in [4.78, 5) is 6.95. The fraction of sp³-hybridized carbons (Fsp3) is 0.552. The molecular formula is C29H39F3N4OS. The van der Waals surface area contributed by atoms with E-state index in [1.807, 2.05) is 0 Å². The number of hydrogen-bond donors (Lipinski definition) is 1. The molecule has 0 spiro atoms. The van der Waals surface area contributed by atoms with E-state index in [0.717, 1.165) is 77.3 Å². The molecule has 2 aromatic rings. The number of aryl methyl sites for hydroxylation is 1. The quantitative estimate of drug-likeness (QED) is 0.357. The van der Waals surface area contributed by atoms with E-state index in [9.17, 15) is 13.2 Å². The number of halogens is 3. The largest absolute Gasteiger partial charge is 0.416 e. The van der Waals surface area contributed by atoms with Crippen molar-refractivity contribution in [3.63, 3.8) is 0 Å². The molecule has 5 nitrogen and oxygen atoms in total. The van der Waals surface area contributed by atoms with Crippen molar-refractivity contribution in [2.24, 2.45) is 0 Å². The second kappa shape index (κ2) is 13.6. The first kappa shape index (κ1) is 28.6. The van der Waals surface area contributed by atoms with Crippen molar-refractivity contribution in [3.8, 4) is 0 Å². The summed E-state index contributed by atoms with van der Waals surface area (Å²) in [6, 6.07) is 11.9. The third-order valence-corrected chi connectivity index (χ3v) is 7.61. The Kier molecular flexibility index (Phi) is 10.3. The van der Waals surface area contributed by atoms with Crippen LogP contribution < -0.4 is 10.2 Å². The van der Waals surface area contributed by atoms with Crippen LogP contribution in [0.2, 0.25) is 0 Å². The van der Waals surface area contributed by atoms with Crippen molar-refractivity contribution >= 4 is 28.7 Å². The molecule has 0 radical (unpaired) electrons. The topological polar surface area (TPSA) is 31.0 Å². The lowest BCUT2D eigenvalue weighted by Gasteiger charge is -2.33. The van der Waals surface area contributed by atoms with Crippen LogP contribution in [-0.4, -0.2) is 67.4 Å². The number of rotatable bonds is 10. The van der Waals surface area contributed by atoms with Crippen LogP contribution in [0.1, 0.15) is 49.3 Å². The summed E-state index contributed by atoms with van der Waals surface area (Å²) in [5.74, 6) is 0. The molecule has 1 fully saturated rings. The molecule has 0 aliphatic carbocycles. The average molecular weight is 549 g/mol. The fourth-order valence-corrected chi connectivity index (χ4v) is 5.44. The predicted octanol–water partition coefficient (Wildman–Crippen LogP) is 6.18. The van der Waals surface area contributed by atoms with Gasteiger partial charge in [-0.25, -0.2) is 0 Å².